The lowest BCUT2D eigenvalue weighted by Crippen LogP contribution is -1.92. The van der Waals surface area contributed by atoms with Gasteiger partial charge in [0.25, 0.3) is 0 Å². The summed E-state index contributed by atoms with van der Waals surface area (Å²) >= 11 is 0. The number of rotatable bonds is 2. The molecular formula is C11H16O2. The standard InChI is InChI=1S/C11H16O2/c1-4-7(2)9-5-8(3)10(12)6-11(9)13/h5-7,12-13H,4H2,1-3H3. The third-order valence-electron chi connectivity index (χ3n) is 2.49. The lowest BCUT2D eigenvalue weighted by Gasteiger charge is -2.12. The summed E-state index contributed by atoms with van der Waals surface area (Å²) in [6.45, 7) is 5.97. The molecule has 13 heavy (non-hydrogen) atoms. The summed E-state index contributed by atoms with van der Waals surface area (Å²) in [6.07, 6.45) is 0.984. The van der Waals surface area contributed by atoms with E-state index in [4.69, 9.17) is 0 Å². The second kappa shape index (κ2) is 3.69. The van der Waals surface area contributed by atoms with Crippen molar-refractivity contribution in [3.05, 3.63) is 23.3 Å². The second-order valence-electron chi connectivity index (χ2n) is 3.51. The first-order valence-corrected chi connectivity index (χ1v) is 4.58. The highest BCUT2D eigenvalue weighted by molar-refractivity contribution is 5.45. The lowest BCUT2D eigenvalue weighted by molar-refractivity contribution is 0.439. The molecule has 72 valence electrons. The van der Waals surface area contributed by atoms with E-state index in [1.165, 1.54) is 6.07 Å². The molecule has 2 heteroatoms. The monoisotopic (exact) mass is 180 g/mol. The maximum atomic E-state index is 9.56. The minimum Gasteiger partial charge on any atom is -0.508 e. The molecule has 1 atom stereocenters. The molecule has 0 radical (unpaired) electrons. The summed E-state index contributed by atoms with van der Waals surface area (Å²) in [6, 6.07) is 3.26. The molecule has 1 aromatic carbocycles. The van der Waals surface area contributed by atoms with Crippen LogP contribution in [-0.2, 0) is 0 Å². The highest BCUT2D eigenvalue weighted by atomic mass is 16.3. The Kier molecular flexibility index (Phi) is 2.81. The number of hydrogen-bond donors (Lipinski definition) is 2. The summed E-state index contributed by atoms with van der Waals surface area (Å²) in [5, 5.41) is 18.9. The first-order chi connectivity index (χ1) is 6.06. The molecule has 0 bridgehead atoms. The third kappa shape index (κ3) is 1.94. The van der Waals surface area contributed by atoms with Gasteiger partial charge in [-0.2, -0.15) is 0 Å². The van der Waals surface area contributed by atoms with Gasteiger partial charge in [0.05, 0.1) is 0 Å². The van der Waals surface area contributed by atoms with Gasteiger partial charge in [-0.3, -0.25) is 0 Å². The van der Waals surface area contributed by atoms with Crippen molar-refractivity contribution in [2.45, 2.75) is 33.1 Å². The van der Waals surface area contributed by atoms with Gasteiger partial charge >= 0.3 is 0 Å². The van der Waals surface area contributed by atoms with Crippen LogP contribution >= 0.6 is 0 Å². The molecule has 0 aliphatic rings. The topological polar surface area (TPSA) is 40.5 Å². The maximum absolute atomic E-state index is 9.56. The smallest absolute Gasteiger partial charge is 0.122 e. The molecule has 0 aromatic heterocycles. The molecule has 0 saturated carbocycles. The van der Waals surface area contributed by atoms with E-state index in [1.54, 1.807) is 0 Å². The maximum Gasteiger partial charge on any atom is 0.122 e. The molecule has 1 unspecified atom stereocenters. The van der Waals surface area contributed by atoms with Gasteiger partial charge in [0.2, 0.25) is 0 Å². The Balaban J connectivity index is 3.15. The number of phenols is 2. The van der Waals surface area contributed by atoms with Gasteiger partial charge in [0, 0.05) is 6.07 Å². The molecule has 2 nitrogen and oxygen atoms in total. The minimum atomic E-state index is 0.157. The van der Waals surface area contributed by atoms with Crippen LogP contribution in [0, 0.1) is 6.92 Å². The van der Waals surface area contributed by atoms with Gasteiger partial charge in [0.1, 0.15) is 11.5 Å². The Hall–Kier alpha value is -1.18. The van der Waals surface area contributed by atoms with Crippen molar-refractivity contribution in [3.63, 3.8) is 0 Å². The minimum absolute atomic E-state index is 0.157. The van der Waals surface area contributed by atoms with Crippen molar-refractivity contribution in [1.29, 1.82) is 0 Å². The molecule has 0 heterocycles. The van der Waals surface area contributed by atoms with E-state index >= 15 is 0 Å². The highest BCUT2D eigenvalue weighted by Gasteiger charge is 2.10. The van der Waals surface area contributed by atoms with Crippen molar-refractivity contribution >= 4 is 0 Å². The molecule has 0 aliphatic heterocycles. The van der Waals surface area contributed by atoms with Crippen molar-refractivity contribution in [1.82, 2.24) is 0 Å². The van der Waals surface area contributed by atoms with Crippen LogP contribution in [0.4, 0.5) is 0 Å². The normalized spacial score (nSPS) is 12.8. The van der Waals surface area contributed by atoms with Crippen molar-refractivity contribution in [3.8, 4) is 11.5 Å². The van der Waals surface area contributed by atoms with E-state index in [0.29, 0.717) is 5.92 Å². The highest BCUT2D eigenvalue weighted by Crippen LogP contribution is 2.32. The molecule has 1 aromatic rings. The lowest BCUT2D eigenvalue weighted by atomic mass is 9.96. The summed E-state index contributed by atoms with van der Waals surface area (Å²) < 4.78 is 0. The Bertz CT molecular complexity index is 305. The average molecular weight is 180 g/mol. The van der Waals surface area contributed by atoms with Crippen LogP contribution in [0.3, 0.4) is 0 Å². The van der Waals surface area contributed by atoms with Crippen LogP contribution in [0.15, 0.2) is 12.1 Å². The fourth-order valence-corrected chi connectivity index (χ4v) is 1.32. The molecule has 0 spiro atoms. The second-order valence-corrected chi connectivity index (χ2v) is 3.51. The molecule has 0 fully saturated rings. The molecule has 0 saturated heterocycles. The van der Waals surface area contributed by atoms with Gasteiger partial charge in [-0.15, -0.1) is 0 Å². The summed E-state index contributed by atoms with van der Waals surface area (Å²) in [7, 11) is 0. The van der Waals surface area contributed by atoms with E-state index in [0.717, 1.165) is 17.5 Å². The van der Waals surface area contributed by atoms with Crippen molar-refractivity contribution in [2.24, 2.45) is 0 Å². The Morgan fingerprint density at radius 1 is 1.23 bits per heavy atom. The van der Waals surface area contributed by atoms with E-state index < -0.39 is 0 Å². The Labute approximate surface area is 78.8 Å². The largest absolute Gasteiger partial charge is 0.508 e. The predicted octanol–water partition coefficient (Wildman–Crippen LogP) is 2.92. The van der Waals surface area contributed by atoms with Crippen LogP contribution in [0.5, 0.6) is 11.5 Å². The summed E-state index contributed by atoms with van der Waals surface area (Å²) in [5.74, 6) is 0.682. The molecular weight excluding hydrogens is 164 g/mol. The number of aromatic hydroxyl groups is 2. The van der Waals surface area contributed by atoms with Gasteiger partial charge in [-0.25, -0.2) is 0 Å². The van der Waals surface area contributed by atoms with Crippen molar-refractivity contribution in [2.75, 3.05) is 0 Å². The van der Waals surface area contributed by atoms with Crippen LogP contribution in [-0.4, -0.2) is 10.2 Å². The van der Waals surface area contributed by atoms with E-state index in [-0.39, 0.29) is 11.5 Å². The zero-order chi connectivity index (χ0) is 10.0. The van der Waals surface area contributed by atoms with E-state index in [2.05, 4.69) is 13.8 Å². The zero-order valence-electron chi connectivity index (χ0n) is 8.33. The Morgan fingerprint density at radius 3 is 2.38 bits per heavy atom. The number of phenolic OH excluding ortho intramolecular Hbond substituents is 2. The Morgan fingerprint density at radius 2 is 1.85 bits per heavy atom. The van der Waals surface area contributed by atoms with Gasteiger partial charge in [-0.05, 0) is 36.5 Å². The first-order valence-electron chi connectivity index (χ1n) is 4.58. The molecule has 1 rings (SSSR count). The SMILES string of the molecule is CCC(C)c1cc(C)c(O)cc1O. The zero-order valence-corrected chi connectivity index (χ0v) is 8.33. The summed E-state index contributed by atoms with van der Waals surface area (Å²) in [5.41, 5.74) is 1.73. The fourth-order valence-electron chi connectivity index (χ4n) is 1.32. The molecule has 0 aliphatic carbocycles. The number of hydrogen-bond acceptors (Lipinski definition) is 2. The quantitative estimate of drug-likeness (QED) is 0.734. The van der Waals surface area contributed by atoms with Gasteiger partial charge in [-0.1, -0.05) is 13.8 Å². The van der Waals surface area contributed by atoms with Gasteiger partial charge < -0.3 is 10.2 Å². The third-order valence-corrected chi connectivity index (χ3v) is 2.49. The number of aryl methyl sites for hydroxylation is 1. The van der Waals surface area contributed by atoms with Gasteiger partial charge in [0.15, 0.2) is 0 Å². The summed E-state index contributed by atoms with van der Waals surface area (Å²) in [4.78, 5) is 0. The van der Waals surface area contributed by atoms with Crippen LogP contribution in [0.1, 0.15) is 37.3 Å². The first kappa shape index (κ1) is 9.90. The van der Waals surface area contributed by atoms with Crippen LogP contribution in [0.25, 0.3) is 0 Å². The average Bonchev–Trinajstić information content (AvgIpc) is 2.10. The van der Waals surface area contributed by atoms with Crippen molar-refractivity contribution < 1.29 is 10.2 Å². The molecule has 0 amide bonds. The van der Waals surface area contributed by atoms with E-state index in [1.807, 2.05) is 13.0 Å². The van der Waals surface area contributed by atoms with E-state index in [9.17, 15) is 10.2 Å². The number of benzene rings is 1. The fraction of sp³-hybridized carbons (Fsp3) is 0.455. The predicted molar refractivity (Wildman–Crippen MR) is 53.2 cm³/mol. The van der Waals surface area contributed by atoms with Crippen LogP contribution < -0.4 is 0 Å². The molecule has 2 N–H and O–H groups in total. The van der Waals surface area contributed by atoms with Crippen LogP contribution in [0.2, 0.25) is 0 Å².